The molecule has 3 nitrogen and oxygen atoms in total. The van der Waals surface area contributed by atoms with Crippen LogP contribution in [0.2, 0.25) is 0 Å². The van der Waals surface area contributed by atoms with Gasteiger partial charge in [-0.3, -0.25) is 9.69 Å². The fourth-order valence-electron chi connectivity index (χ4n) is 1.86. The predicted molar refractivity (Wildman–Crippen MR) is 87.9 cm³/mol. The monoisotopic (exact) mass is 340 g/mol. The predicted octanol–water partition coefficient (Wildman–Crippen LogP) is 3.32. The van der Waals surface area contributed by atoms with Crippen molar-refractivity contribution in [3.8, 4) is 0 Å². The zero-order valence-electron chi connectivity index (χ0n) is 12.9. The lowest BCUT2D eigenvalue weighted by molar-refractivity contribution is -0.122. The largest absolute Gasteiger partial charge is 0.351 e. The number of alkyl halides is 1. The summed E-state index contributed by atoms with van der Waals surface area (Å²) in [5.41, 5.74) is 2.43. The summed E-state index contributed by atoms with van der Waals surface area (Å²) in [6.07, 6.45) is 0. The average molecular weight is 341 g/mol. The highest BCUT2D eigenvalue weighted by atomic mass is 79.9. The van der Waals surface area contributed by atoms with Gasteiger partial charge in [0.05, 0.1) is 4.32 Å². The maximum absolute atomic E-state index is 11.8. The summed E-state index contributed by atoms with van der Waals surface area (Å²) in [6, 6.07) is 8.44. The molecule has 0 radical (unpaired) electrons. The molecule has 0 aliphatic carbocycles. The Bertz CT molecular complexity index is 419. The molecule has 1 amide bonds. The summed E-state index contributed by atoms with van der Waals surface area (Å²) < 4.78 is -0.518. The van der Waals surface area contributed by atoms with Crippen LogP contribution in [-0.2, 0) is 17.9 Å². The lowest BCUT2D eigenvalue weighted by Crippen LogP contribution is -2.37. The van der Waals surface area contributed by atoms with Crippen LogP contribution < -0.4 is 5.32 Å². The topological polar surface area (TPSA) is 32.3 Å². The lowest BCUT2D eigenvalue weighted by Gasteiger charge is -2.18. The van der Waals surface area contributed by atoms with E-state index in [4.69, 9.17) is 0 Å². The molecule has 0 aromatic heterocycles. The van der Waals surface area contributed by atoms with Crippen LogP contribution in [0.25, 0.3) is 0 Å². The van der Waals surface area contributed by atoms with Crippen molar-refractivity contribution in [1.82, 2.24) is 10.2 Å². The summed E-state index contributed by atoms with van der Waals surface area (Å²) in [5, 5.41) is 2.93. The van der Waals surface area contributed by atoms with Gasteiger partial charge in [-0.15, -0.1) is 0 Å². The first kappa shape index (κ1) is 17.2. The van der Waals surface area contributed by atoms with Gasteiger partial charge in [-0.05, 0) is 38.1 Å². The Morgan fingerprint density at radius 1 is 1.15 bits per heavy atom. The summed E-state index contributed by atoms with van der Waals surface area (Å²) >= 11 is 3.35. The number of rotatable bonds is 7. The van der Waals surface area contributed by atoms with Gasteiger partial charge in [-0.25, -0.2) is 0 Å². The summed E-state index contributed by atoms with van der Waals surface area (Å²) in [5.74, 6) is 0.00437. The number of benzene rings is 1. The summed E-state index contributed by atoms with van der Waals surface area (Å²) in [7, 11) is 0. The van der Waals surface area contributed by atoms with Gasteiger partial charge in [0.1, 0.15) is 0 Å². The molecule has 0 aliphatic rings. The molecule has 0 atom stereocenters. The Morgan fingerprint density at radius 3 is 2.10 bits per heavy atom. The number of carbonyl (C=O) groups excluding carboxylic acids is 1. The van der Waals surface area contributed by atoms with Gasteiger partial charge < -0.3 is 5.32 Å². The summed E-state index contributed by atoms with van der Waals surface area (Å²) in [4.78, 5) is 14.1. The number of hydrogen-bond donors (Lipinski definition) is 1. The van der Waals surface area contributed by atoms with E-state index < -0.39 is 4.32 Å². The molecule has 0 saturated heterocycles. The van der Waals surface area contributed by atoms with E-state index in [1.807, 2.05) is 13.8 Å². The van der Waals surface area contributed by atoms with Crippen LogP contribution in [0.5, 0.6) is 0 Å². The molecular weight excluding hydrogens is 316 g/mol. The van der Waals surface area contributed by atoms with Crippen molar-refractivity contribution < 1.29 is 4.79 Å². The minimum absolute atomic E-state index is 0.00437. The van der Waals surface area contributed by atoms with E-state index in [0.29, 0.717) is 6.54 Å². The second-order valence-electron chi connectivity index (χ2n) is 5.43. The Morgan fingerprint density at radius 2 is 1.65 bits per heavy atom. The van der Waals surface area contributed by atoms with Crippen LogP contribution in [0.3, 0.4) is 0 Å². The van der Waals surface area contributed by atoms with Crippen molar-refractivity contribution in [2.24, 2.45) is 0 Å². The number of amides is 1. The standard InChI is InChI=1S/C16H25BrN2O/c1-5-19(6-2)12-14-9-7-13(8-10-14)11-18-15(20)16(3,4)17/h7-10H,5-6,11-12H2,1-4H3,(H,18,20). The van der Waals surface area contributed by atoms with Crippen LogP contribution in [0, 0.1) is 0 Å². The third-order valence-electron chi connectivity index (χ3n) is 3.32. The molecule has 112 valence electrons. The first-order valence-corrected chi connectivity index (χ1v) is 7.93. The van der Waals surface area contributed by atoms with Gasteiger partial charge in [-0.2, -0.15) is 0 Å². The highest BCUT2D eigenvalue weighted by Gasteiger charge is 2.22. The molecule has 20 heavy (non-hydrogen) atoms. The van der Waals surface area contributed by atoms with Crippen LogP contribution in [0.1, 0.15) is 38.8 Å². The van der Waals surface area contributed by atoms with E-state index in [9.17, 15) is 4.79 Å². The molecule has 0 unspecified atom stereocenters. The maximum Gasteiger partial charge on any atom is 0.236 e. The molecule has 1 aromatic carbocycles. The Balaban J connectivity index is 2.53. The van der Waals surface area contributed by atoms with Crippen molar-refractivity contribution >= 4 is 21.8 Å². The minimum atomic E-state index is -0.518. The van der Waals surface area contributed by atoms with Gasteiger partial charge in [0, 0.05) is 13.1 Å². The summed E-state index contributed by atoms with van der Waals surface area (Å²) in [6.45, 7) is 11.7. The van der Waals surface area contributed by atoms with Crippen molar-refractivity contribution in [2.45, 2.75) is 45.1 Å². The number of nitrogens with one attached hydrogen (secondary N) is 1. The van der Waals surface area contributed by atoms with Crippen molar-refractivity contribution in [1.29, 1.82) is 0 Å². The Labute approximate surface area is 130 Å². The highest BCUT2D eigenvalue weighted by molar-refractivity contribution is 9.10. The molecule has 1 rings (SSSR count). The SMILES string of the molecule is CCN(CC)Cc1ccc(CNC(=O)C(C)(C)Br)cc1. The minimum Gasteiger partial charge on any atom is -0.351 e. The third kappa shape index (κ3) is 5.63. The zero-order chi connectivity index (χ0) is 15.2. The van der Waals surface area contributed by atoms with Crippen LogP contribution in [-0.4, -0.2) is 28.2 Å². The molecule has 0 spiro atoms. The quantitative estimate of drug-likeness (QED) is 0.772. The second kappa shape index (κ2) is 7.79. The molecule has 0 fully saturated rings. The maximum atomic E-state index is 11.8. The Kier molecular flexibility index (Phi) is 6.69. The van der Waals surface area contributed by atoms with Crippen LogP contribution >= 0.6 is 15.9 Å². The van der Waals surface area contributed by atoms with Crippen molar-refractivity contribution in [3.63, 3.8) is 0 Å². The zero-order valence-corrected chi connectivity index (χ0v) is 14.5. The van der Waals surface area contributed by atoms with Gasteiger partial charge in [0.25, 0.3) is 0 Å². The molecule has 4 heteroatoms. The normalized spacial score (nSPS) is 11.7. The number of hydrogen-bond acceptors (Lipinski definition) is 2. The van der Waals surface area contributed by atoms with Crippen LogP contribution in [0.4, 0.5) is 0 Å². The molecule has 1 N–H and O–H groups in total. The molecular formula is C16H25BrN2O. The number of nitrogens with zero attached hydrogens (tertiary/aromatic N) is 1. The molecule has 0 bridgehead atoms. The van der Waals surface area contributed by atoms with Crippen LogP contribution in [0.15, 0.2) is 24.3 Å². The Hall–Kier alpha value is -0.870. The van der Waals surface area contributed by atoms with E-state index in [1.54, 1.807) is 0 Å². The smallest absolute Gasteiger partial charge is 0.236 e. The lowest BCUT2D eigenvalue weighted by atomic mass is 10.1. The molecule has 0 heterocycles. The number of carbonyl (C=O) groups is 1. The van der Waals surface area contributed by atoms with Gasteiger partial charge in [0.2, 0.25) is 5.91 Å². The van der Waals surface area contributed by atoms with E-state index >= 15 is 0 Å². The first-order valence-electron chi connectivity index (χ1n) is 7.14. The van der Waals surface area contributed by atoms with Crippen molar-refractivity contribution in [3.05, 3.63) is 35.4 Å². The first-order chi connectivity index (χ1) is 9.36. The van der Waals surface area contributed by atoms with E-state index in [0.717, 1.165) is 25.2 Å². The number of halogens is 1. The second-order valence-corrected chi connectivity index (χ2v) is 7.42. The fourth-order valence-corrected chi connectivity index (χ4v) is 2.00. The van der Waals surface area contributed by atoms with Crippen molar-refractivity contribution in [2.75, 3.05) is 13.1 Å². The van der Waals surface area contributed by atoms with E-state index in [1.165, 1.54) is 5.56 Å². The third-order valence-corrected chi connectivity index (χ3v) is 3.68. The van der Waals surface area contributed by atoms with Gasteiger partial charge in [0.15, 0.2) is 0 Å². The molecule has 0 aliphatic heterocycles. The van der Waals surface area contributed by atoms with Gasteiger partial charge >= 0.3 is 0 Å². The molecule has 0 saturated carbocycles. The average Bonchev–Trinajstić information content (AvgIpc) is 2.42. The van der Waals surface area contributed by atoms with E-state index in [-0.39, 0.29) is 5.91 Å². The molecule has 1 aromatic rings. The van der Waals surface area contributed by atoms with Gasteiger partial charge in [-0.1, -0.05) is 54.0 Å². The fraction of sp³-hybridized carbons (Fsp3) is 0.562. The van der Waals surface area contributed by atoms with E-state index in [2.05, 4.69) is 64.3 Å². The highest BCUT2D eigenvalue weighted by Crippen LogP contribution is 2.15.